The van der Waals surface area contributed by atoms with Gasteiger partial charge in [0.15, 0.2) is 5.69 Å². The van der Waals surface area contributed by atoms with Crippen LogP contribution in [0.4, 0.5) is 0 Å². The molecule has 5 saturated carbocycles. The van der Waals surface area contributed by atoms with Crippen LogP contribution in [0.5, 0.6) is 0 Å². The Morgan fingerprint density at radius 3 is 2.33 bits per heavy atom. The maximum Gasteiger partial charge on any atom is 0.355 e. The second-order valence-electron chi connectivity index (χ2n) is 16.6. The van der Waals surface area contributed by atoms with Crippen molar-refractivity contribution >= 4 is 22.0 Å². The van der Waals surface area contributed by atoms with Gasteiger partial charge >= 0.3 is 5.97 Å². The van der Waals surface area contributed by atoms with Gasteiger partial charge in [0.05, 0.1) is 30.1 Å². The number of nitrogens with zero attached hydrogens (tertiary/aromatic N) is 3. The molecule has 0 radical (unpaired) electrons. The quantitative estimate of drug-likeness (QED) is 0.217. The monoisotopic (exact) mass is 698 g/mol. The highest BCUT2D eigenvalue weighted by Gasteiger charge is 2.66. The molecule has 2 heterocycles. The van der Waals surface area contributed by atoms with E-state index in [-0.39, 0.29) is 45.6 Å². The molecule has 11 nitrogen and oxygen atoms in total. The van der Waals surface area contributed by atoms with Crippen LogP contribution in [0, 0.1) is 23.2 Å². The second-order valence-corrected chi connectivity index (χ2v) is 18.2. The number of amides is 1. The molecule has 0 spiro atoms. The number of ether oxygens (including phenoxy) is 1. The van der Waals surface area contributed by atoms with Crippen LogP contribution in [0.25, 0.3) is 11.1 Å². The molecule has 49 heavy (non-hydrogen) atoms. The van der Waals surface area contributed by atoms with Crippen molar-refractivity contribution in [3.63, 3.8) is 0 Å². The molecule has 0 aromatic carbocycles. The zero-order valence-corrected chi connectivity index (χ0v) is 30.4. The predicted octanol–water partition coefficient (Wildman–Crippen LogP) is 5.50. The fourth-order valence-corrected chi connectivity index (χ4v) is 11.8. The number of nitrogens with one attached hydrogen (secondary N) is 1. The van der Waals surface area contributed by atoms with Gasteiger partial charge in [0.1, 0.15) is 0 Å². The Bertz CT molecular complexity index is 1660. The number of carboxylic acids is 1. The fourth-order valence-electron chi connectivity index (χ4n) is 11.3. The lowest BCUT2D eigenvalue weighted by molar-refractivity contribution is -0.248. The van der Waals surface area contributed by atoms with Gasteiger partial charge in [-0.05, 0) is 86.7 Å². The summed E-state index contributed by atoms with van der Waals surface area (Å²) in [5.41, 5.74) is 2.82. The van der Waals surface area contributed by atoms with Crippen LogP contribution in [0.3, 0.4) is 0 Å². The van der Waals surface area contributed by atoms with Crippen molar-refractivity contribution in [2.24, 2.45) is 16.2 Å². The SMILES string of the molecule is CNC(=O)Cc1ccc(-c2ccn(CC34CC5(C)CC(C)(C3)CC(OCCN(CCS(=O)(=O)O)C3CCCCC3)(C5)C4)c2C)c(C(=O)O)n1. The zero-order chi connectivity index (χ0) is 35.2. The van der Waals surface area contributed by atoms with Gasteiger partial charge in [-0.2, -0.15) is 8.42 Å². The van der Waals surface area contributed by atoms with E-state index in [0.717, 1.165) is 75.6 Å². The first-order valence-corrected chi connectivity index (χ1v) is 19.6. The Morgan fingerprint density at radius 1 is 1.00 bits per heavy atom. The third-order valence-corrected chi connectivity index (χ3v) is 12.7. The Morgan fingerprint density at radius 2 is 1.69 bits per heavy atom. The molecular formula is C37H54N4O7S. The largest absolute Gasteiger partial charge is 0.476 e. The van der Waals surface area contributed by atoms with Crippen molar-refractivity contribution in [3.8, 4) is 11.1 Å². The van der Waals surface area contributed by atoms with E-state index in [0.29, 0.717) is 37.0 Å². The van der Waals surface area contributed by atoms with E-state index in [9.17, 15) is 27.7 Å². The summed E-state index contributed by atoms with van der Waals surface area (Å²) in [6.45, 7) is 9.24. The average molecular weight is 699 g/mol. The Labute approximate surface area is 290 Å². The highest BCUT2D eigenvalue weighted by Crippen LogP contribution is 2.72. The summed E-state index contributed by atoms with van der Waals surface area (Å²) >= 11 is 0. The van der Waals surface area contributed by atoms with Gasteiger partial charge in [-0.25, -0.2) is 9.78 Å². The summed E-state index contributed by atoms with van der Waals surface area (Å²) in [6, 6.07) is 5.81. The number of hydrogen-bond acceptors (Lipinski definition) is 7. The molecule has 4 bridgehead atoms. The van der Waals surface area contributed by atoms with E-state index in [1.807, 2.05) is 13.0 Å². The minimum Gasteiger partial charge on any atom is -0.476 e. The van der Waals surface area contributed by atoms with Crippen LogP contribution in [0.2, 0.25) is 0 Å². The topological polar surface area (TPSA) is 151 Å². The minimum absolute atomic E-state index is 0.0180. The summed E-state index contributed by atoms with van der Waals surface area (Å²) in [7, 11) is -2.50. The Hall–Kier alpha value is -2.80. The first kappa shape index (κ1) is 36.0. The number of carbonyl (C=O) groups is 2. The van der Waals surface area contributed by atoms with Gasteiger partial charge in [0, 0.05) is 55.7 Å². The van der Waals surface area contributed by atoms with Gasteiger partial charge < -0.3 is 19.7 Å². The highest BCUT2D eigenvalue weighted by molar-refractivity contribution is 7.85. The molecule has 5 fully saturated rings. The number of rotatable bonds is 14. The number of hydrogen-bond donors (Lipinski definition) is 3. The molecular weight excluding hydrogens is 644 g/mol. The van der Waals surface area contributed by atoms with Gasteiger partial charge in [0.2, 0.25) is 5.91 Å². The minimum atomic E-state index is -4.04. The fraction of sp³-hybridized carbons (Fsp3) is 0.703. The van der Waals surface area contributed by atoms with E-state index in [4.69, 9.17) is 4.74 Å². The van der Waals surface area contributed by atoms with Crippen molar-refractivity contribution in [1.82, 2.24) is 19.8 Å². The van der Waals surface area contributed by atoms with E-state index in [2.05, 4.69) is 39.8 Å². The van der Waals surface area contributed by atoms with Crippen molar-refractivity contribution in [2.75, 3.05) is 32.5 Å². The lowest BCUT2D eigenvalue weighted by Gasteiger charge is -2.69. The summed E-state index contributed by atoms with van der Waals surface area (Å²) in [5.74, 6) is -1.60. The normalized spacial score (nSPS) is 29.8. The summed E-state index contributed by atoms with van der Waals surface area (Å²) in [5, 5.41) is 12.6. The van der Waals surface area contributed by atoms with E-state index in [1.165, 1.54) is 12.8 Å². The maximum atomic E-state index is 12.3. The molecule has 7 rings (SSSR count). The first-order chi connectivity index (χ1) is 23.0. The molecule has 3 N–H and O–H groups in total. The molecule has 2 unspecified atom stereocenters. The zero-order valence-electron chi connectivity index (χ0n) is 29.6. The Balaban J connectivity index is 1.21. The third kappa shape index (κ3) is 7.92. The number of aromatic carboxylic acids is 1. The highest BCUT2D eigenvalue weighted by atomic mass is 32.2. The van der Waals surface area contributed by atoms with Gasteiger partial charge in [0.25, 0.3) is 10.1 Å². The maximum absolute atomic E-state index is 12.3. The van der Waals surface area contributed by atoms with Crippen LogP contribution < -0.4 is 5.32 Å². The molecule has 2 atom stereocenters. The summed E-state index contributed by atoms with van der Waals surface area (Å²) in [6.07, 6.45) is 14.1. The number of carbonyl (C=O) groups excluding carboxylic acids is 1. The molecule has 12 heteroatoms. The molecule has 2 aromatic heterocycles. The molecule has 270 valence electrons. The molecule has 1 amide bonds. The molecule has 5 aliphatic carbocycles. The van der Waals surface area contributed by atoms with E-state index >= 15 is 0 Å². The molecule has 5 aliphatic rings. The lowest BCUT2D eigenvalue weighted by Crippen LogP contribution is -2.64. The summed E-state index contributed by atoms with van der Waals surface area (Å²) < 4.78 is 42.1. The van der Waals surface area contributed by atoms with Gasteiger partial charge in [-0.15, -0.1) is 0 Å². The van der Waals surface area contributed by atoms with Crippen LogP contribution in [0.1, 0.15) is 106 Å². The Kier molecular flexibility index (Phi) is 9.84. The predicted molar refractivity (Wildman–Crippen MR) is 187 cm³/mol. The number of aromatic nitrogens is 2. The van der Waals surface area contributed by atoms with Crippen molar-refractivity contribution < 1.29 is 32.4 Å². The van der Waals surface area contributed by atoms with Gasteiger partial charge in [-0.1, -0.05) is 39.2 Å². The van der Waals surface area contributed by atoms with E-state index < -0.39 is 16.1 Å². The third-order valence-electron chi connectivity index (χ3n) is 12.0. The molecule has 0 saturated heterocycles. The van der Waals surface area contributed by atoms with Crippen molar-refractivity contribution in [2.45, 2.75) is 116 Å². The van der Waals surface area contributed by atoms with Crippen LogP contribution in [-0.2, 0) is 32.6 Å². The molecule has 0 aliphatic heterocycles. The second kappa shape index (κ2) is 13.4. The van der Waals surface area contributed by atoms with Crippen LogP contribution >= 0.6 is 0 Å². The number of carboxylic acid groups (broad SMARTS) is 1. The van der Waals surface area contributed by atoms with Crippen LogP contribution in [-0.4, -0.2) is 88.5 Å². The summed E-state index contributed by atoms with van der Waals surface area (Å²) in [4.78, 5) is 30.8. The number of likely N-dealkylation sites (N-methyl/N-ethyl adjacent to an activating group) is 1. The number of pyridine rings is 1. The standard InChI is InChI=1S/C37H54N4O7S/c1-26-29(30-11-10-27(18-31(42)38-4)39-32(30)33(43)44)12-13-41(26)25-36-20-34(2)19-35(3,21-36)23-37(22-34,24-36)48-16-14-40(15-17-49(45,46)47)28-8-6-5-7-9-28/h10-13,28H,5-9,14-25H2,1-4H3,(H,38,42)(H,43,44)(H,45,46,47). The lowest BCUT2D eigenvalue weighted by atomic mass is 9.39. The smallest absolute Gasteiger partial charge is 0.355 e. The molecule has 2 aromatic rings. The van der Waals surface area contributed by atoms with Gasteiger partial charge in [-0.3, -0.25) is 14.2 Å². The van der Waals surface area contributed by atoms with Crippen molar-refractivity contribution in [3.05, 3.63) is 41.5 Å². The van der Waals surface area contributed by atoms with E-state index in [1.54, 1.807) is 19.2 Å². The van der Waals surface area contributed by atoms with Crippen molar-refractivity contribution in [1.29, 1.82) is 0 Å². The van der Waals surface area contributed by atoms with Crippen LogP contribution in [0.15, 0.2) is 24.4 Å². The average Bonchev–Trinajstić information content (AvgIpc) is 3.35. The first-order valence-electron chi connectivity index (χ1n) is 18.0.